The standard InChI is InChI=1S/C30H40N2O5/c1-18(2)9-8-10-19(3)15-16-37-31-24-17-25(33)28(34)26-22(24)13-14-23-27(26)30(36)32(29(23)35)20(4)21-11-6-5-7-12-21/h5-7,9,11-12,15,20,22-23,25-28,33-34H,8,10,13-14,16-17H2,1-4H3/b19-15+,31-24+/t20-,22-,23+,25+,26-,27+,28+/m0/s1. The topological polar surface area (TPSA) is 99.4 Å². The van der Waals surface area contributed by atoms with E-state index in [2.05, 4.69) is 32.0 Å². The van der Waals surface area contributed by atoms with Crippen molar-refractivity contribution in [3.8, 4) is 0 Å². The summed E-state index contributed by atoms with van der Waals surface area (Å²) in [5.74, 6) is -2.34. The molecule has 7 nitrogen and oxygen atoms in total. The van der Waals surface area contributed by atoms with Crippen LogP contribution in [0.3, 0.4) is 0 Å². The number of nitrogens with zero attached hydrogens (tertiary/aromatic N) is 2. The highest BCUT2D eigenvalue weighted by Gasteiger charge is 2.60. The smallest absolute Gasteiger partial charge is 0.234 e. The van der Waals surface area contributed by atoms with Gasteiger partial charge in [-0.1, -0.05) is 52.7 Å². The number of aliphatic hydroxyl groups is 2. The molecular weight excluding hydrogens is 468 g/mol. The Balaban J connectivity index is 1.49. The number of oxime groups is 1. The van der Waals surface area contributed by atoms with E-state index in [1.54, 1.807) is 0 Å². The lowest BCUT2D eigenvalue weighted by atomic mass is 9.60. The fraction of sp³-hybridized carbons (Fsp3) is 0.567. The van der Waals surface area contributed by atoms with Crippen LogP contribution in [0, 0.1) is 23.7 Å². The van der Waals surface area contributed by atoms with E-state index in [4.69, 9.17) is 4.84 Å². The van der Waals surface area contributed by atoms with Crippen LogP contribution < -0.4 is 0 Å². The van der Waals surface area contributed by atoms with Crippen LogP contribution in [-0.4, -0.2) is 51.5 Å². The van der Waals surface area contributed by atoms with Gasteiger partial charge < -0.3 is 15.1 Å². The number of likely N-dealkylation sites (tertiary alicyclic amines) is 1. The molecule has 2 amide bonds. The second kappa shape index (κ2) is 11.7. The van der Waals surface area contributed by atoms with Gasteiger partial charge in [-0.3, -0.25) is 14.5 Å². The third-order valence-corrected chi connectivity index (χ3v) is 8.26. The first-order valence-corrected chi connectivity index (χ1v) is 13.5. The van der Waals surface area contributed by atoms with Gasteiger partial charge in [0.15, 0.2) is 0 Å². The summed E-state index contributed by atoms with van der Waals surface area (Å²) in [5, 5.41) is 26.1. The van der Waals surface area contributed by atoms with Crippen molar-refractivity contribution in [2.75, 3.05) is 6.61 Å². The van der Waals surface area contributed by atoms with Crippen LogP contribution in [0.15, 0.2) is 58.8 Å². The first-order valence-electron chi connectivity index (χ1n) is 13.5. The Morgan fingerprint density at radius 2 is 1.78 bits per heavy atom. The van der Waals surface area contributed by atoms with Crippen molar-refractivity contribution in [3.63, 3.8) is 0 Å². The molecule has 37 heavy (non-hydrogen) atoms. The van der Waals surface area contributed by atoms with Crippen molar-refractivity contribution < 1.29 is 24.6 Å². The average Bonchev–Trinajstić information content (AvgIpc) is 3.13. The summed E-state index contributed by atoms with van der Waals surface area (Å²) in [7, 11) is 0. The minimum absolute atomic E-state index is 0.180. The normalized spacial score (nSPS) is 31.7. The summed E-state index contributed by atoms with van der Waals surface area (Å²) in [6.07, 6.45) is 5.41. The zero-order valence-electron chi connectivity index (χ0n) is 22.3. The SMILES string of the molecule is CC(C)=CCC/C(C)=C/CO/N=C1\C[C@@H](O)[C@@H](O)[C@@H]2[C@@H]3C(=O)N([C@@H](C)c4ccccc4)C(=O)[C@@H]3CC[C@@H]12. The summed E-state index contributed by atoms with van der Waals surface area (Å²) in [5.41, 5.74) is 4.09. The van der Waals surface area contributed by atoms with E-state index in [0.717, 1.165) is 18.4 Å². The summed E-state index contributed by atoms with van der Waals surface area (Å²) in [4.78, 5) is 34.1. The Labute approximate surface area is 219 Å². The molecule has 2 aliphatic carbocycles. The van der Waals surface area contributed by atoms with Gasteiger partial charge >= 0.3 is 0 Å². The van der Waals surface area contributed by atoms with Crippen LogP contribution in [0.2, 0.25) is 0 Å². The number of benzene rings is 1. The van der Waals surface area contributed by atoms with Gasteiger partial charge in [0.05, 0.1) is 35.8 Å². The molecule has 7 atom stereocenters. The minimum atomic E-state index is -1.09. The number of carbonyl (C=O) groups excluding carboxylic acids is 2. The molecule has 0 spiro atoms. The second-order valence-corrected chi connectivity index (χ2v) is 11.0. The van der Waals surface area contributed by atoms with Crippen molar-refractivity contribution in [2.24, 2.45) is 28.8 Å². The lowest BCUT2D eigenvalue weighted by Crippen LogP contribution is -2.54. The molecule has 1 aromatic carbocycles. The Morgan fingerprint density at radius 1 is 1.08 bits per heavy atom. The van der Waals surface area contributed by atoms with Gasteiger partial charge in [0.2, 0.25) is 11.8 Å². The average molecular weight is 509 g/mol. The molecule has 1 aliphatic heterocycles. The van der Waals surface area contributed by atoms with Gasteiger partial charge in [0.25, 0.3) is 0 Å². The zero-order chi connectivity index (χ0) is 26.7. The molecule has 0 bridgehead atoms. The highest BCUT2D eigenvalue weighted by molar-refractivity contribution is 6.06. The fourth-order valence-corrected chi connectivity index (χ4v) is 6.25. The van der Waals surface area contributed by atoms with Crippen LogP contribution in [0.4, 0.5) is 0 Å². The predicted octanol–water partition coefficient (Wildman–Crippen LogP) is 4.57. The third-order valence-electron chi connectivity index (χ3n) is 8.26. The van der Waals surface area contributed by atoms with Crippen LogP contribution in [0.1, 0.15) is 71.4 Å². The lowest BCUT2D eigenvalue weighted by molar-refractivity contribution is -0.144. The number of carbonyl (C=O) groups is 2. The van der Waals surface area contributed by atoms with E-state index in [1.165, 1.54) is 16.0 Å². The van der Waals surface area contributed by atoms with Crippen molar-refractivity contribution in [2.45, 2.75) is 78.0 Å². The zero-order valence-corrected chi connectivity index (χ0v) is 22.3. The number of amides is 2. The van der Waals surface area contributed by atoms with Gasteiger partial charge in [0, 0.05) is 18.3 Å². The molecule has 0 unspecified atom stereocenters. The molecule has 1 saturated heterocycles. The number of fused-ring (bicyclic) bond motifs is 3. The Morgan fingerprint density at radius 3 is 2.49 bits per heavy atom. The van der Waals surface area contributed by atoms with E-state index in [1.807, 2.05) is 43.3 Å². The molecule has 2 saturated carbocycles. The summed E-state index contributed by atoms with van der Waals surface area (Å²) in [6, 6.07) is 9.12. The van der Waals surface area contributed by atoms with Crippen molar-refractivity contribution >= 4 is 17.5 Å². The maximum atomic E-state index is 13.7. The number of imide groups is 1. The van der Waals surface area contributed by atoms with Crippen molar-refractivity contribution in [1.29, 1.82) is 0 Å². The van der Waals surface area contributed by atoms with E-state index < -0.39 is 30.0 Å². The predicted molar refractivity (Wildman–Crippen MR) is 142 cm³/mol. The number of aliphatic hydroxyl groups excluding tert-OH is 2. The lowest BCUT2D eigenvalue weighted by Gasteiger charge is -2.45. The highest BCUT2D eigenvalue weighted by Crippen LogP contribution is 2.51. The van der Waals surface area contributed by atoms with E-state index in [-0.39, 0.29) is 30.2 Å². The molecular formula is C30H40N2O5. The number of allylic oxidation sites excluding steroid dienone is 3. The quantitative estimate of drug-likeness (QED) is 0.232. The molecule has 1 aromatic rings. The minimum Gasteiger partial charge on any atom is -0.392 e. The van der Waals surface area contributed by atoms with Gasteiger partial charge in [-0.15, -0.1) is 0 Å². The number of hydrogen-bond acceptors (Lipinski definition) is 6. The molecule has 4 rings (SSSR count). The Bertz CT molecular complexity index is 1070. The third kappa shape index (κ3) is 5.73. The monoisotopic (exact) mass is 508 g/mol. The summed E-state index contributed by atoms with van der Waals surface area (Å²) >= 11 is 0. The largest absolute Gasteiger partial charge is 0.392 e. The van der Waals surface area contributed by atoms with Gasteiger partial charge in [-0.2, -0.15) is 0 Å². The second-order valence-electron chi connectivity index (χ2n) is 11.0. The van der Waals surface area contributed by atoms with Gasteiger partial charge in [0.1, 0.15) is 6.61 Å². The number of hydrogen-bond donors (Lipinski definition) is 2. The molecule has 2 N–H and O–H groups in total. The van der Waals surface area contributed by atoms with E-state index in [0.29, 0.717) is 25.2 Å². The molecule has 1 heterocycles. The first kappa shape index (κ1) is 27.3. The molecule has 3 fully saturated rings. The summed E-state index contributed by atoms with van der Waals surface area (Å²) < 4.78 is 0. The Hall–Kier alpha value is -2.77. The maximum absolute atomic E-state index is 13.7. The van der Waals surface area contributed by atoms with Crippen molar-refractivity contribution in [1.82, 2.24) is 4.90 Å². The van der Waals surface area contributed by atoms with E-state index in [9.17, 15) is 19.8 Å². The van der Waals surface area contributed by atoms with Gasteiger partial charge in [-0.05, 0) is 65.0 Å². The van der Waals surface area contributed by atoms with Crippen LogP contribution in [0.25, 0.3) is 0 Å². The van der Waals surface area contributed by atoms with Crippen LogP contribution in [-0.2, 0) is 14.4 Å². The molecule has 200 valence electrons. The maximum Gasteiger partial charge on any atom is 0.234 e. The van der Waals surface area contributed by atoms with Gasteiger partial charge in [-0.25, -0.2) is 0 Å². The molecule has 0 radical (unpaired) electrons. The van der Waals surface area contributed by atoms with E-state index >= 15 is 0 Å². The Kier molecular flexibility index (Phi) is 8.65. The molecule has 3 aliphatic rings. The fourth-order valence-electron chi connectivity index (χ4n) is 6.25. The van der Waals surface area contributed by atoms with Crippen LogP contribution in [0.5, 0.6) is 0 Å². The molecule has 7 heteroatoms. The molecule has 0 aromatic heterocycles. The number of rotatable bonds is 8. The van der Waals surface area contributed by atoms with Crippen molar-refractivity contribution in [3.05, 3.63) is 59.2 Å². The van der Waals surface area contributed by atoms with Crippen LogP contribution >= 0.6 is 0 Å². The highest BCUT2D eigenvalue weighted by atomic mass is 16.6. The first-order chi connectivity index (χ1) is 17.7. The summed E-state index contributed by atoms with van der Waals surface area (Å²) in [6.45, 7) is 8.43.